The van der Waals surface area contributed by atoms with Crippen molar-refractivity contribution in [2.75, 3.05) is 40.4 Å². The molecule has 1 aromatic rings. The summed E-state index contributed by atoms with van der Waals surface area (Å²) in [5.41, 5.74) is -0.192. The molecule has 1 saturated heterocycles. The van der Waals surface area contributed by atoms with Crippen LogP contribution in [-0.2, 0) is 10.3 Å². The summed E-state index contributed by atoms with van der Waals surface area (Å²) in [5, 5.41) is 18.9. The number of carbonyl (C=O) groups is 1. The molecular formula is C25H42ClN3O3. The van der Waals surface area contributed by atoms with Crippen LogP contribution in [0, 0.1) is 11.8 Å². The Balaban J connectivity index is 2.15. The number of hydrogen-bond acceptors (Lipinski definition) is 4. The summed E-state index contributed by atoms with van der Waals surface area (Å²) in [7, 11) is 3.60. The molecule has 6 nitrogen and oxygen atoms in total. The van der Waals surface area contributed by atoms with Crippen LogP contribution >= 0.6 is 11.6 Å². The number of piperidine rings is 1. The van der Waals surface area contributed by atoms with Crippen molar-refractivity contribution < 1.29 is 14.6 Å². The lowest BCUT2D eigenvalue weighted by Gasteiger charge is -2.43. The van der Waals surface area contributed by atoms with Crippen LogP contribution in [0.2, 0.25) is 5.02 Å². The van der Waals surface area contributed by atoms with E-state index in [1.54, 1.807) is 7.11 Å². The molecular weight excluding hydrogens is 426 g/mol. The molecule has 182 valence electrons. The molecule has 1 heterocycles. The number of amides is 2. The molecule has 3 N–H and O–H groups in total. The van der Waals surface area contributed by atoms with Gasteiger partial charge in [0.1, 0.15) is 0 Å². The Morgan fingerprint density at radius 3 is 2.81 bits per heavy atom. The normalized spacial score (nSPS) is 19.6. The third-order valence-electron chi connectivity index (χ3n) is 6.40. The summed E-state index contributed by atoms with van der Waals surface area (Å²) in [4.78, 5) is 15.0. The maximum Gasteiger partial charge on any atom is 0.317 e. The van der Waals surface area contributed by atoms with Crippen molar-refractivity contribution in [3.63, 3.8) is 0 Å². The fraction of sp³-hybridized carbons (Fsp3) is 0.720. The van der Waals surface area contributed by atoms with Crippen molar-refractivity contribution in [2.45, 2.75) is 64.0 Å². The van der Waals surface area contributed by atoms with Crippen molar-refractivity contribution in [1.29, 1.82) is 0 Å². The number of carbonyl (C=O) groups excluding carboxylic acids is 1. The van der Waals surface area contributed by atoms with Crippen LogP contribution in [0.25, 0.3) is 0 Å². The largest absolute Gasteiger partial charge is 0.385 e. The summed E-state index contributed by atoms with van der Waals surface area (Å²) >= 11 is 6.27. The van der Waals surface area contributed by atoms with E-state index < -0.39 is 5.60 Å². The quantitative estimate of drug-likeness (QED) is 0.398. The number of urea groups is 1. The molecule has 1 aliphatic rings. The zero-order valence-electron chi connectivity index (χ0n) is 20.2. The summed E-state index contributed by atoms with van der Waals surface area (Å²) in [6, 6.07) is 7.58. The summed E-state index contributed by atoms with van der Waals surface area (Å²) < 4.78 is 5.19. The predicted molar refractivity (Wildman–Crippen MR) is 131 cm³/mol. The summed E-state index contributed by atoms with van der Waals surface area (Å²) in [6.07, 6.45) is 5.03. The molecule has 1 fully saturated rings. The number of ether oxygens (including phenoxy) is 1. The maximum absolute atomic E-state index is 13.1. The molecule has 2 rings (SSSR count). The number of aliphatic hydroxyl groups is 1. The van der Waals surface area contributed by atoms with Gasteiger partial charge in [-0.3, -0.25) is 0 Å². The highest BCUT2D eigenvalue weighted by Gasteiger charge is 2.41. The first-order valence-electron chi connectivity index (χ1n) is 12.0. The molecule has 3 unspecified atom stereocenters. The number of rotatable bonds is 12. The standard InChI is InChI=1S/C25H42ClN3O3/c1-19(2)15-23(17-27-3)28-24(30)29-13-8-10-21(18-29)25(31,12-5-6-14-32-4)20-9-7-11-22(26)16-20/h7,9,11,16,19,21,23,27,31H,5-6,8,10,12-15,17-18H2,1-4H3,(H,28,30). The van der Waals surface area contributed by atoms with Gasteiger partial charge in [-0.05, 0) is 69.2 Å². The van der Waals surface area contributed by atoms with Gasteiger partial charge in [-0.1, -0.05) is 37.6 Å². The van der Waals surface area contributed by atoms with Gasteiger partial charge in [0.25, 0.3) is 0 Å². The maximum atomic E-state index is 13.1. The van der Waals surface area contributed by atoms with Gasteiger partial charge in [-0.2, -0.15) is 0 Å². The number of methoxy groups -OCH3 is 1. The van der Waals surface area contributed by atoms with E-state index in [0.717, 1.165) is 44.2 Å². The highest BCUT2D eigenvalue weighted by atomic mass is 35.5. The fourth-order valence-electron chi connectivity index (χ4n) is 4.81. The van der Waals surface area contributed by atoms with E-state index in [1.807, 2.05) is 36.2 Å². The van der Waals surface area contributed by atoms with Gasteiger partial charge in [0.05, 0.1) is 5.60 Å². The number of nitrogens with one attached hydrogen (secondary N) is 2. The van der Waals surface area contributed by atoms with E-state index in [1.165, 1.54) is 0 Å². The molecule has 1 aliphatic heterocycles. The van der Waals surface area contributed by atoms with Crippen molar-refractivity contribution in [1.82, 2.24) is 15.5 Å². The zero-order chi connectivity index (χ0) is 23.6. The molecule has 0 saturated carbocycles. The average molecular weight is 468 g/mol. The Kier molecular flexibility index (Phi) is 11.3. The molecule has 0 aliphatic carbocycles. The topological polar surface area (TPSA) is 73.8 Å². The molecule has 0 radical (unpaired) electrons. The van der Waals surface area contributed by atoms with E-state index in [9.17, 15) is 9.90 Å². The van der Waals surface area contributed by atoms with Crippen LogP contribution in [-0.4, -0.2) is 62.5 Å². The molecule has 0 spiro atoms. The SMILES string of the molecule is CNCC(CC(C)C)NC(=O)N1CCCC(C(O)(CCCCOC)c2cccc(Cl)c2)C1. The number of likely N-dealkylation sites (tertiary alicyclic amines) is 1. The van der Waals surface area contributed by atoms with E-state index in [4.69, 9.17) is 16.3 Å². The average Bonchev–Trinajstić information content (AvgIpc) is 2.76. The second-order valence-corrected chi connectivity index (χ2v) is 9.94. The highest BCUT2D eigenvalue weighted by Crippen LogP contribution is 2.40. The molecule has 2 amide bonds. The van der Waals surface area contributed by atoms with E-state index >= 15 is 0 Å². The first kappa shape index (κ1) is 26.9. The second kappa shape index (κ2) is 13.4. The number of benzene rings is 1. The van der Waals surface area contributed by atoms with Crippen LogP contribution in [0.3, 0.4) is 0 Å². The first-order chi connectivity index (χ1) is 15.3. The Hall–Kier alpha value is -1.34. The number of halogens is 1. The van der Waals surface area contributed by atoms with E-state index in [0.29, 0.717) is 37.1 Å². The number of hydrogen-bond donors (Lipinski definition) is 3. The molecule has 3 atom stereocenters. The Morgan fingerprint density at radius 1 is 1.38 bits per heavy atom. The van der Waals surface area contributed by atoms with Crippen LogP contribution in [0.4, 0.5) is 4.79 Å². The van der Waals surface area contributed by atoms with Crippen molar-refractivity contribution in [3.8, 4) is 0 Å². The Morgan fingerprint density at radius 2 is 2.16 bits per heavy atom. The first-order valence-corrected chi connectivity index (χ1v) is 12.3. The minimum Gasteiger partial charge on any atom is -0.385 e. The zero-order valence-corrected chi connectivity index (χ0v) is 21.0. The third kappa shape index (κ3) is 7.91. The van der Waals surface area contributed by atoms with Crippen LogP contribution in [0.5, 0.6) is 0 Å². The molecule has 7 heteroatoms. The van der Waals surface area contributed by atoms with Gasteiger partial charge in [-0.15, -0.1) is 0 Å². The lowest BCUT2D eigenvalue weighted by Crippen LogP contribution is -2.53. The van der Waals surface area contributed by atoms with Crippen LogP contribution in [0.1, 0.15) is 57.9 Å². The van der Waals surface area contributed by atoms with Gasteiger partial charge in [-0.25, -0.2) is 4.79 Å². The Bertz CT molecular complexity index is 703. The lowest BCUT2D eigenvalue weighted by atomic mass is 9.74. The minimum atomic E-state index is -1.03. The van der Waals surface area contributed by atoms with Crippen molar-refractivity contribution in [2.24, 2.45) is 11.8 Å². The monoisotopic (exact) mass is 467 g/mol. The van der Waals surface area contributed by atoms with Crippen molar-refractivity contribution >= 4 is 17.6 Å². The Labute approximate surface area is 199 Å². The molecule has 1 aromatic carbocycles. The summed E-state index contributed by atoms with van der Waals surface area (Å²) in [5.74, 6) is 0.457. The van der Waals surface area contributed by atoms with Gasteiger partial charge in [0.15, 0.2) is 0 Å². The molecule has 32 heavy (non-hydrogen) atoms. The van der Waals surface area contributed by atoms with Gasteiger partial charge in [0, 0.05) is 50.3 Å². The number of unbranched alkanes of at least 4 members (excludes halogenated alkanes) is 1. The predicted octanol–water partition coefficient (Wildman–Crippen LogP) is 4.40. The molecule has 0 bridgehead atoms. The number of likely N-dealkylation sites (N-methyl/N-ethyl adjacent to an activating group) is 1. The minimum absolute atomic E-state index is 0.0385. The van der Waals surface area contributed by atoms with E-state index in [-0.39, 0.29) is 18.0 Å². The summed E-state index contributed by atoms with van der Waals surface area (Å²) in [6.45, 7) is 7.00. The fourth-order valence-corrected chi connectivity index (χ4v) is 5.00. The van der Waals surface area contributed by atoms with Crippen molar-refractivity contribution in [3.05, 3.63) is 34.9 Å². The van der Waals surface area contributed by atoms with E-state index in [2.05, 4.69) is 24.5 Å². The lowest BCUT2D eigenvalue weighted by molar-refractivity contribution is -0.0563. The number of nitrogens with zero attached hydrogens (tertiary/aromatic N) is 1. The highest BCUT2D eigenvalue weighted by molar-refractivity contribution is 6.30. The van der Waals surface area contributed by atoms with Gasteiger partial charge in [0.2, 0.25) is 0 Å². The van der Waals surface area contributed by atoms with Gasteiger partial charge < -0.3 is 25.4 Å². The van der Waals surface area contributed by atoms with Crippen LogP contribution < -0.4 is 10.6 Å². The second-order valence-electron chi connectivity index (χ2n) is 9.50. The van der Waals surface area contributed by atoms with Crippen LogP contribution in [0.15, 0.2) is 24.3 Å². The molecule has 0 aromatic heterocycles. The van der Waals surface area contributed by atoms with Gasteiger partial charge >= 0.3 is 6.03 Å². The smallest absolute Gasteiger partial charge is 0.317 e. The third-order valence-corrected chi connectivity index (χ3v) is 6.63.